The zero-order valence-corrected chi connectivity index (χ0v) is 14.9. The number of carbonyl (C=O) groups is 1. The lowest BCUT2D eigenvalue weighted by Gasteiger charge is -2.20. The van der Waals surface area contributed by atoms with Crippen LogP contribution in [0, 0.1) is 0 Å². The molecular weight excluding hydrogens is 320 g/mol. The lowest BCUT2D eigenvalue weighted by Crippen LogP contribution is -2.27. The van der Waals surface area contributed by atoms with Gasteiger partial charge in [0.25, 0.3) is 0 Å². The minimum absolute atomic E-state index is 0.172. The second kappa shape index (κ2) is 7.79. The standard InChI is InChI=1S/C19H24N2O4/c1-19(2,3)25-18(23)21-16-8-6-5-7-15(16)20-12-13-11-14(24-4)9-10-17(13)22/h5-11,20,22H,12H2,1-4H3,(H,21,23). The molecule has 0 heterocycles. The van der Waals surface area contributed by atoms with Crippen molar-refractivity contribution in [2.75, 3.05) is 17.7 Å². The Labute approximate surface area is 147 Å². The van der Waals surface area contributed by atoms with Crippen molar-refractivity contribution in [2.45, 2.75) is 32.9 Å². The molecule has 0 aliphatic rings. The van der Waals surface area contributed by atoms with Gasteiger partial charge in [-0.05, 0) is 51.1 Å². The maximum Gasteiger partial charge on any atom is 0.412 e. The number of phenols is 1. The number of anilines is 2. The number of hydrogen-bond acceptors (Lipinski definition) is 5. The van der Waals surface area contributed by atoms with Crippen molar-refractivity contribution in [3.63, 3.8) is 0 Å². The Morgan fingerprint density at radius 1 is 1.12 bits per heavy atom. The second-order valence-corrected chi connectivity index (χ2v) is 6.52. The summed E-state index contributed by atoms with van der Waals surface area (Å²) in [6, 6.07) is 12.3. The molecule has 0 saturated heterocycles. The number of ether oxygens (including phenoxy) is 2. The van der Waals surface area contributed by atoms with E-state index in [0.29, 0.717) is 23.5 Å². The molecule has 6 nitrogen and oxygen atoms in total. The van der Waals surface area contributed by atoms with Gasteiger partial charge in [0.15, 0.2) is 0 Å². The van der Waals surface area contributed by atoms with Crippen LogP contribution < -0.4 is 15.4 Å². The van der Waals surface area contributed by atoms with Gasteiger partial charge < -0.3 is 19.9 Å². The van der Waals surface area contributed by atoms with Crippen LogP contribution in [0.25, 0.3) is 0 Å². The zero-order chi connectivity index (χ0) is 18.4. The Morgan fingerprint density at radius 3 is 2.44 bits per heavy atom. The fraction of sp³-hybridized carbons (Fsp3) is 0.316. The Balaban J connectivity index is 2.09. The van der Waals surface area contributed by atoms with Gasteiger partial charge in [-0.3, -0.25) is 5.32 Å². The van der Waals surface area contributed by atoms with E-state index < -0.39 is 11.7 Å². The summed E-state index contributed by atoms with van der Waals surface area (Å²) in [7, 11) is 1.57. The van der Waals surface area contributed by atoms with Crippen LogP contribution in [0.15, 0.2) is 42.5 Å². The molecule has 0 fully saturated rings. The van der Waals surface area contributed by atoms with Gasteiger partial charge in [-0.2, -0.15) is 0 Å². The van der Waals surface area contributed by atoms with E-state index in [1.165, 1.54) is 0 Å². The molecule has 0 aromatic heterocycles. The Bertz CT molecular complexity index is 738. The minimum atomic E-state index is -0.571. The molecule has 0 aliphatic heterocycles. The van der Waals surface area contributed by atoms with Crippen LogP contribution in [-0.2, 0) is 11.3 Å². The summed E-state index contributed by atoms with van der Waals surface area (Å²) in [5.74, 6) is 0.834. The molecule has 1 amide bonds. The topological polar surface area (TPSA) is 79.8 Å². The fourth-order valence-electron chi connectivity index (χ4n) is 2.18. The van der Waals surface area contributed by atoms with Gasteiger partial charge in [0, 0.05) is 12.1 Å². The van der Waals surface area contributed by atoms with Gasteiger partial charge in [-0.1, -0.05) is 12.1 Å². The third-order valence-corrected chi connectivity index (χ3v) is 3.32. The van der Waals surface area contributed by atoms with E-state index in [1.807, 2.05) is 39.0 Å². The second-order valence-electron chi connectivity index (χ2n) is 6.52. The smallest absolute Gasteiger partial charge is 0.412 e. The van der Waals surface area contributed by atoms with E-state index in [4.69, 9.17) is 9.47 Å². The van der Waals surface area contributed by atoms with E-state index in [1.54, 1.807) is 31.4 Å². The third-order valence-electron chi connectivity index (χ3n) is 3.32. The maximum absolute atomic E-state index is 12.0. The number of para-hydroxylation sites is 2. The van der Waals surface area contributed by atoms with Gasteiger partial charge in [-0.15, -0.1) is 0 Å². The van der Waals surface area contributed by atoms with Crippen LogP contribution in [-0.4, -0.2) is 23.9 Å². The molecule has 0 aliphatic carbocycles. The Hall–Kier alpha value is -2.89. The van der Waals surface area contributed by atoms with E-state index in [9.17, 15) is 9.90 Å². The van der Waals surface area contributed by atoms with E-state index >= 15 is 0 Å². The first-order chi connectivity index (χ1) is 11.8. The zero-order valence-electron chi connectivity index (χ0n) is 14.9. The van der Waals surface area contributed by atoms with Crippen molar-refractivity contribution in [2.24, 2.45) is 0 Å². The average molecular weight is 344 g/mol. The van der Waals surface area contributed by atoms with Crippen molar-refractivity contribution in [3.8, 4) is 11.5 Å². The molecule has 0 bridgehead atoms. The molecule has 0 unspecified atom stereocenters. The fourth-order valence-corrected chi connectivity index (χ4v) is 2.18. The molecular formula is C19H24N2O4. The summed E-state index contributed by atoms with van der Waals surface area (Å²) in [6.45, 7) is 5.79. The van der Waals surface area contributed by atoms with Gasteiger partial charge in [0.1, 0.15) is 17.1 Å². The molecule has 0 atom stereocenters. The molecule has 134 valence electrons. The molecule has 0 spiro atoms. The Kier molecular flexibility index (Phi) is 5.75. The third kappa shape index (κ3) is 5.60. The number of rotatable bonds is 5. The largest absolute Gasteiger partial charge is 0.508 e. The van der Waals surface area contributed by atoms with Crippen molar-refractivity contribution in [3.05, 3.63) is 48.0 Å². The van der Waals surface area contributed by atoms with Crippen LogP contribution in [0.2, 0.25) is 0 Å². The number of methoxy groups -OCH3 is 1. The molecule has 2 aromatic rings. The highest BCUT2D eigenvalue weighted by atomic mass is 16.6. The van der Waals surface area contributed by atoms with Crippen LogP contribution in [0.4, 0.5) is 16.2 Å². The Morgan fingerprint density at radius 2 is 1.80 bits per heavy atom. The highest BCUT2D eigenvalue weighted by Crippen LogP contribution is 2.26. The monoisotopic (exact) mass is 344 g/mol. The number of amides is 1. The lowest BCUT2D eigenvalue weighted by molar-refractivity contribution is 0.0636. The normalized spacial score (nSPS) is 10.9. The lowest BCUT2D eigenvalue weighted by atomic mass is 10.1. The molecule has 0 radical (unpaired) electrons. The molecule has 0 saturated carbocycles. The van der Waals surface area contributed by atoms with E-state index in [0.717, 1.165) is 5.69 Å². The number of benzene rings is 2. The van der Waals surface area contributed by atoms with Gasteiger partial charge in [0.2, 0.25) is 0 Å². The number of carbonyl (C=O) groups excluding carboxylic acids is 1. The van der Waals surface area contributed by atoms with Crippen molar-refractivity contribution in [1.82, 2.24) is 0 Å². The van der Waals surface area contributed by atoms with Crippen molar-refractivity contribution < 1.29 is 19.4 Å². The highest BCUT2D eigenvalue weighted by Gasteiger charge is 2.17. The van der Waals surface area contributed by atoms with Crippen LogP contribution in [0.5, 0.6) is 11.5 Å². The first-order valence-electron chi connectivity index (χ1n) is 7.97. The van der Waals surface area contributed by atoms with Gasteiger partial charge >= 0.3 is 6.09 Å². The molecule has 25 heavy (non-hydrogen) atoms. The summed E-state index contributed by atoms with van der Waals surface area (Å²) in [6.07, 6.45) is -0.522. The molecule has 2 rings (SSSR count). The highest BCUT2D eigenvalue weighted by molar-refractivity contribution is 5.89. The number of nitrogens with one attached hydrogen (secondary N) is 2. The number of aromatic hydroxyl groups is 1. The van der Waals surface area contributed by atoms with Gasteiger partial charge in [-0.25, -0.2) is 4.79 Å². The van der Waals surface area contributed by atoms with E-state index in [2.05, 4.69) is 10.6 Å². The summed E-state index contributed by atoms with van der Waals surface area (Å²) < 4.78 is 10.4. The average Bonchev–Trinajstić information content (AvgIpc) is 2.53. The number of phenolic OH excluding ortho intramolecular Hbond substituents is 1. The first kappa shape index (κ1) is 18.4. The molecule has 2 aromatic carbocycles. The SMILES string of the molecule is COc1ccc(O)c(CNc2ccccc2NC(=O)OC(C)(C)C)c1. The molecule has 6 heteroatoms. The summed E-state index contributed by atoms with van der Waals surface area (Å²) >= 11 is 0. The van der Waals surface area contributed by atoms with Crippen LogP contribution >= 0.6 is 0 Å². The maximum atomic E-state index is 12.0. The predicted octanol–water partition coefficient (Wildman–Crippen LogP) is 4.36. The van der Waals surface area contributed by atoms with Gasteiger partial charge in [0.05, 0.1) is 18.5 Å². The van der Waals surface area contributed by atoms with Crippen LogP contribution in [0.3, 0.4) is 0 Å². The van der Waals surface area contributed by atoms with Crippen molar-refractivity contribution in [1.29, 1.82) is 0 Å². The van der Waals surface area contributed by atoms with Crippen LogP contribution in [0.1, 0.15) is 26.3 Å². The van der Waals surface area contributed by atoms with E-state index in [-0.39, 0.29) is 5.75 Å². The minimum Gasteiger partial charge on any atom is -0.508 e. The van der Waals surface area contributed by atoms with Crippen molar-refractivity contribution >= 4 is 17.5 Å². The number of hydrogen-bond donors (Lipinski definition) is 3. The predicted molar refractivity (Wildman–Crippen MR) is 98.3 cm³/mol. The summed E-state index contributed by atoms with van der Waals surface area (Å²) in [5.41, 5.74) is 1.43. The quantitative estimate of drug-likeness (QED) is 0.751. The summed E-state index contributed by atoms with van der Waals surface area (Å²) in [5, 5.41) is 15.9. The summed E-state index contributed by atoms with van der Waals surface area (Å²) in [4.78, 5) is 12.0. The molecule has 3 N–H and O–H groups in total. The first-order valence-corrected chi connectivity index (χ1v) is 7.97.